The van der Waals surface area contributed by atoms with E-state index >= 15 is 0 Å². The second-order valence-corrected chi connectivity index (χ2v) is 12.7. The average Bonchev–Trinajstić information content (AvgIpc) is 2.56. The summed E-state index contributed by atoms with van der Waals surface area (Å²) in [5, 5.41) is 0.229. The number of ketones is 1. The summed E-state index contributed by atoms with van der Waals surface area (Å²) in [7, 11) is -1.76. The molecule has 2 aliphatic carbocycles. The topological polar surface area (TPSA) is 26.3 Å². The van der Waals surface area contributed by atoms with Gasteiger partial charge in [-0.3, -0.25) is 4.79 Å². The van der Waals surface area contributed by atoms with Crippen LogP contribution in [0.2, 0.25) is 18.1 Å². The van der Waals surface area contributed by atoms with Gasteiger partial charge in [0.2, 0.25) is 0 Å². The summed E-state index contributed by atoms with van der Waals surface area (Å²) in [4.78, 5) is 11.7. The number of rotatable bonds is 2. The van der Waals surface area contributed by atoms with Crippen molar-refractivity contribution >= 4 is 14.1 Å². The summed E-state index contributed by atoms with van der Waals surface area (Å²) in [5.74, 6) is 1.44. The quantitative estimate of drug-likeness (QED) is 0.704. The van der Waals surface area contributed by atoms with Gasteiger partial charge >= 0.3 is 0 Å². The van der Waals surface area contributed by atoms with Gasteiger partial charge in [-0.25, -0.2) is 0 Å². The molecule has 108 valence electrons. The van der Waals surface area contributed by atoms with Crippen molar-refractivity contribution in [2.75, 3.05) is 0 Å². The van der Waals surface area contributed by atoms with E-state index in [9.17, 15) is 4.79 Å². The fraction of sp³-hybridized carbons (Fsp3) is 0.812. The Kier molecular flexibility index (Phi) is 3.82. The van der Waals surface area contributed by atoms with Gasteiger partial charge in [-0.2, -0.15) is 0 Å². The van der Waals surface area contributed by atoms with E-state index in [0.717, 1.165) is 19.3 Å². The maximum atomic E-state index is 11.7. The zero-order valence-corrected chi connectivity index (χ0v) is 14.2. The van der Waals surface area contributed by atoms with E-state index < -0.39 is 8.32 Å². The molecule has 0 aromatic carbocycles. The van der Waals surface area contributed by atoms with Gasteiger partial charge in [-0.15, -0.1) is 0 Å². The molecule has 1 fully saturated rings. The fourth-order valence-corrected chi connectivity index (χ4v) is 4.33. The first-order valence-corrected chi connectivity index (χ1v) is 10.4. The van der Waals surface area contributed by atoms with Crippen LogP contribution in [0.3, 0.4) is 0 Å². The maximum Gasteiger partial charge on any atom is 0.192 e. The van der Waals surface area contributed by atoms with Crippen molar-refractivity contribution in [2.45, 2.75) is 71.2 Å². The highest BCUT2D eigenvalue weighted by Crippen LogP contribution is 2.45. The van der Waals surface area contributed by atoms with Crippen LogP contribution >= 0.6 is 0 Å². The minimum atomic E-state index is -1.76. The molecule has 0 amide bonds. The molecule has 0 heterocycles. The van der Waals surface area contributed by atoms with Gasteiger partial charge < -0.3 is 4.43 Å². The van der Waals surface area contributed by atoms with Gasteiger partial charge in [0, 0.05) is 6.42 Å². The maximum absolute atomic E-state index is 11.7. The van der Waals surface area contributed by atoms with E-state index in [1.54, 1.807) is 0 Å². The molecule has 19 heavy (non-hydrogen) atoms. The molecule has 3 unspecified atom stereocenters. The van der Waals surface area contributed by atoms with E-state index in [1.165, 1.54) is 5.57 Å². The van der Waals surface area contributed by atoms with Gasteiger partial charge in [0.05, 0.1) is 6.10 Å². The zero-order valence-electron chi connectivity index (χ0n) is 13.2. The minimum Gasteiger partial charge on any atom is -0.410 e. The number of hydrogen-bond donors (Lipinski definition) is 0. The number of carbonyl (C=O) groups is 1. The van der Waals surface area contributed by atoms with Crippen LogP contribution in [0, 0.1) is 11.8 Å². The van der Waals surface area contributed by atoms with Gasteiger partial charge in [-0.1, -0.05) is 27.7 Å². The molecule has 0 N–H and O–H groups in total. The molecule has 0 aromatic rings. The molecular formula is C16H28O2Si. The Hall–Kier alpha value is -0.413. The summed E-state index contributed by atoms with van der Waals surface area (Å²) in [5.41, 5.74) is 1.30. The highest BCUT2D eigenvalue weighted by Gasteiger charge is 2.43. The van der Waals surface area contributed by atoms with Crippen LogP contribution in [0.4, 0.5) is 0 Å². The minimum absolute atomic E-state index is 0.195. The molecule has 3 atom stereocenters. The number of allylic oxidation sites excluding steroid dienone is 1. The molecule has 1 saturated carbocycles. The molecule has 0 aromatic heterocycles. The summed E-state index contributed by atoms with van der Waals surface area (Å²) in [6.45, 7) is 13.7. The van der Waals surface area contributed by atoms with Crippen molar-refractivity contribution < 1.29 is 9.22 Å². The lowest BCUT2D eigenvalue weighted by atomic mass is 9.78. The van der Waals surface area contributed by atoms with Gasteiger partial charge in [0.1, 0.15) is 0 Å². The third kappa shape index (κ3) is 3.02. The summed E-state index contributed by atoms with van der Waals surface area (Å²) < 4.78 is 6.59. The number of hydrogen-bond acceptors (Lipinski definition) is 2. The van der Waals surface area contributed by atoms with Gasteiger partial charge in [-0.05, 0) is 54.5 Å². The Bertz CT molecular complexity index is 403. The average molecular weight is 280 g/mol. The SMILES string of the molecule is CC1CC2CC(=O)C=C2C(O[Si](C)(C)C(C)(C)C)C1. The largest absolute Gasteiger partial charge is 0.410 e. The molecule has 3 heteroatoms. The third-order valence-corrected chi connectivity index (χ3v) is 9.65. The van der Waals surface area contributed by atoms with Crippen LogP contribution in [-0.4, -0.2) is 20.2 Å². The standard InChI is InChI=1S/C16H28O2Si/c1-11-7-12-9-13(17)10-14(12)15(8-11)18-19(5,6)16(2,3)4/h10-12,15H,7-9H2,1-6H3. The Balaban J connectivity index is 2.19. The van der Waals surface area contributed by atoms with Crippen molar-refractivity contribution in [2.24, 2.45) is 11.8 Å². The van der Waals surface area contributed by atoms with E-state index in [0.29, 0.717) is 17.6 Å². The van der Waals surface area contributed by atoms with Crippen molar-refractivity contribution in [3.63, 3.8) is 0 Å². The summed E-state index contributed by atoms with van der Waals surface area (Å²) >= 11 is 0. The lowest BCUT2D eigenvalue weighted by Gasteiger charge is -2.43. The lowest BCUT2D eigenvalue weighted by Crippen LogP contribution is -2.46. The van der Waals surface area contributed by atoms with Crippen molar-refractivity contribution in [3.8, 4) is 0 Å². The molecule has 2 aliphatic rings. The van der Waals surface area contributed by atoms with Crippen molar-refractivity contribution in [3.05, 3.63) is 11.6 Å². The summed E-state index contributed by atoms with van der Waals surface area (Å²) in [6.07, 6.45) is 5.05. The van der Waals surface area contributed by atoms with E-state index in [-0.39, 0.29) is 11.1 Å². The Morgan fingerprint density at radius 1 is 1.26 bits per heavy atom. The molecule has 2 rings (SSSR count). The molecule has 0 bridgehead atoms. The summed E-state index contributed by atoms with van der Waals surface area (Å²) in [6, 6.07) is 0. The van der Waals surface area contributed by atoms with Crippen LogP contribution in [0.25, 0.3) is 0 Å². The lowest BCUT2D eigenvalue weighted by molar-refractivity contribution is -0.114. The molecular weight excluding hydrogens is 252 g/mol. The van der Waals surface area contributed by atoms with E-state index in [2.05, 4.69) is 40.8 Å². The normalized spacial score (nSPS) is 32.2. The smallest absolute Gasteiger partial charge is 0.192 e. The van der Waals surface area contributed by atoms with Crippen LogP contribution < -0.4 is 0 Å². The first-order chi connectivity index (χ1) is 8.60. The molecule has 0 aliphatic heterocycles. The third-order valence-electron chi connectivity index (χ3n) is 5.16. The van der Waals surface area contributed by atoms with Crippen molar-refractivity contribution in [1.82, 2.24) is 0 Å². The second kappa shape index (κ2) is 4.85. The predicted molar refractivity (Wildman–Crippen MR) is 81.7 cm³/mol. The number of carbonyl (C=O) groups excluding carboxylic acids is 1. The highest BCUT2D eigenvalue weighted by molar-refractivity contribution is 6.74. The second-order valence-electron chi connectivity index (χ2n) is 7.96. The van der Waals surface area contributed by atoms with E-state index in [4.69, 9.17) is 4.43 Å². The monoisotopic (exact) mass is 280 g/mol. The molecule has 2 nitrogen and oxygen atoms in total. The Morgan fingerprint density at radius 2 is 1.89 bits per heavy atom. The van der Waals surface area contributed by atoms with Crippen LogP contribution in [0.5, 0.6) is 0 Å². The van der Waals surface area contributed by atoms with Crippen LogP contribution in [-0.2, 0) is 9.22 Å². The van der Waals surface area contributed by atoms with E-state index in [1.807, 2.05) is 6.08 Å². The predicted octanol–water partition coefficient (Wildman–Crippen LogP) is 4.32. The molecule has 0 saturated heterocycles. The first-order valence-electron chi connectivity index (χ1n) is 7.52. The first kappa shape index (κ1) is 15.0. The fourth-order valence-electron chi connectivity index (χ4n) is 3.03. The molecule has 0 radical (unpaired) electrons. The Labute approximate surface area is 118 Å². The molecule has 0 spiro atoms. The number of fused-ring (bicyclic) bond motifs is 1. The Morgan fingerprint density at radius 3 is 2.47 bits per heavy atom. The highest BCUT2D eigenvalue weighted by atomic mass is 28.4. The van der Waals surface area contributed by atoms with Crippen LogP contribution in [0.1, 0.15) is 47.0 Å². The van der Waals surface area contributed by atoms with Gasteiger partial charge in [0.15, 0.2) is 14.1 Å². The zero-order chi connectivity index (χ0) is 14.4. The van der Waals surface area contributed by atoms with Gasteiger partial charge in [0.25, 0.3) is 0 Å². The van der Waals surface area contributed by atoms with Crippen molar-refractivity contribution in [1.29, 1.82) is 0 Å². The van der Waals surface area contributed by atoms with Crippen LogP contribution in [0.15, 0.2) is 11.6 Å².